The third kappa shape index (κ3) is 3.92. The lowest BCUT2D eigenvalue weighted by Crippen LogP contribution is -2.49. The fraction of sp³-hybridized carbons (Fsp3) is 0.280. The average Bonchev–Trinajstić information content (AvgIpc) is 3.20. The van der Waals surface area contributed by atoms with Gasteiger partial charge in [0.2, 0.25) is 0 Å². The Morgan fingerprint density at radius 3 is 2.45 bits per heavy atom. The van der Waals surface area contributed by atoms with Crippen LogP contribution in [-0.4, -0.2) is 56.7 Å². The van der Waals surface area contributed by atoms with Crippen molar-refractivity contribution in [2.24, 2.45) is 0 Å². The van der Waals surface area contributed by atoms with Gasteiger partial charge < -0.3 is 9.80 Å². The molecule has 0 spiro atoms. The molecule has 0 bridgehead atoms. The molecule has 168 valence electrons. The highest BCUT2D eigenvalue weighted by molar-refractivity contribution is 5.95. The van der Waals surface area contributed by atoms with E-state index in [9.17, 15) is 9.18 Å². The molecule has 1 amide bonds. The summed E-state index contributed by atoms with van der Waals surface area (Å²) in [6, 6.07) is 15.8. The number of aromatic nitrogens is 4. The number of amides is 1. The standard InChI is InChI=1S/C25H25FN6O/c1-3-21-27-23(22-17(2)29-32(24(22)28-21)20-10-5-4-6-11-20)30-12-14-31(15-13-30)25(33)18-8-7-9-19(26)16-18/h4-11,16H,3,12-15H2,1-2H3. The summed E-state index contributed by atoms with van der Waals surface area (Å²) in [5, 5.41) is 5.70. The second-order valence-corrected chi connectivity index (χ2v) is 8.14. The molecule has 1 aliphatic heterocycles. The van der Waals surface area contributed by atoms with Crippen LogP contribution in [0, 0.1) is 12.7 Å². The minimum atomic E-state index is -0.402. The fourth-order valence-electron chi connectivity index (χ4n) is 4.27. The number of benzene rings is 2. The summed E-state index contributed by atoms with van der Waals surface area (Å²) >= 11 is 0. The Hall–Kier alpha value is -3.81. The van der Waals surface area contributed by atoms with E-state index in [4.69, 9.17) is 15.1 Å². The second-order valence-electron chi connectivity index (χ2n) is 8.14. The van der Waals surface area contributed by atoms with Crippen LogP contribution in [0.15, 0.2) is 54.6 Å². The van der Waals surface area contributed by atoms with Crippen LogP contribution in [0.2, 0.25) is 0 Å². The Labute approximate surface area is 191 Å². The summed E-state index contributed by atoms with van der Waals surface area (Å²) in [6.07, 6.45) is 0.708. The first kappa shape index (κ1) is 21.1. The maximum Gasteiger partial charge on any atom is 0.254 e. The number of carbonyl (C=O) groups excluding carboxylic acids is 1. The molecule has 0 N–H and O–H groups in total. The number of anilines is 1. The number of fused-ring (bicyclic) bond motifs is 1. The Morgan fingerprint density at radius 2 is 1.76 bits per heavy atom. The number of para-hydroxylation sites is 1. The van der Waals surface area contributed by atoms with Crippen molar-refractivity contribution >= 4 is 22.8 Å². The molecule has 7 nitrogen and oxygen atoms in total. The first-order chi connectivity index (χ1) is 16.0. The summed E-state index contributed by atoms with van der Waals surface area (Å²) in [6.45, 7) is 6.35. The molecule has 0 saturated carbocycles. The van der Waals surface area contributed by atoms with E-state index >= 15 is 0 Å². The third-order valence-electron chi connectivity index (χ3n) is 5.98. The smallest absolute Gasteiger partial charge is 0.254 e. The largest absolute Gasteiger partial charge is 0.352 e. The Kier molecular flexibility index (Phi) is 5.50. The molecule has 33 heavy (non-hydrogen) atoms. The van der Waals surface area contributed by atoms with Gasteiger partial charge in [-0.3, -0.25) is 4.79 Å². The maximum absolute atomic E-state index is 13.6. The van der Waals surface area contributed by atoms with Gasteiger partial charge in [0.1, 0.15) is 17.5 Å². The van der Waals surface area contributed by atoms with E-state index in [1.807, 2.05) is 48.9 Å². The first-order valence-corrected chi connectivity index (χ1v) is 11.2. The van der Waals surface area contributed by atoms with Gasteiger partial charge in [-0.1, -0.05) is 31.2 Å². The predicted octanol–water partition coefficient (Wildman–Crippen LogP) is 3.79. The predicted molar refractivity (Wildman–Crippen MR) is 125 cm³/mol. The average molecular weight is 445 g/mol. The van der Waals surface area contributed by atoms with Crippen LogP contribution < -0.4 is 4.90 Å². The number of hydrogen-bond acceptors (Lipinski definition) is 5. The van der Waals surface area contributed by atoms with E-state index < -0.39 is 5.82 Å². The van der Waals surface area contributed by atoms with Crippen LogP contribution in [0.4, 0.5) is 10.2 Å². The molecule has 5 rings (SSSR count). The van der Waals surface area contributed by atoms with Crippen LogP contribution >= 0.6 is 0 Å². The molecule has 1 saturated heterocycles. The number of aryl methyl sites for hydroxylation is 2. The van der Waals surface area contributed by atoms with Gasteiger partial charge in [-0.15, -0.1) is 0 Å². The van der Waals surface area contributed by atoms with E-state index in [2.05, 4.69) is 4.90 Å². The van der Waals surface area contributed by atoms with Gasteiger partial charge in [-0.05, 0) is 37.3 Å². The Bertz CT molecular complexity index is 1310. The number of nitrogens with zero attached hydrogens (tertiary/aromatic N) is 6. The topological polar surface area (TPSA) is 67.2 Å². The van der Waals surface area contributed by atoms with Crippen LogP contribution in [0.1, 0.15) is 28.8 Å². The third-order valence-corrected chi connectivity index (χ3v) is 5.98. The molecular formula is C25H25FN6O. The number of halogens is 1. The number of carbonyl (C=O) groups is 1. The molecule has 1 fully saturated rings. The quantitative estimate of drug-likeness (QED) is 0.479. The summed E-state index contributed by atoms with van der Waals surface area (Å²) in [4.78, 5) is 26.4. The molecule has 3 heterocycles. The van der Waals surface area contributed by atoms with Gasteiger partial charge in [0, 0.05) is 38.2 Å². The van der Waals surface area contributed by atoms with Gasteiger partial charge in [0.15, 0.2) is 5.65 Å². The lowest BCUT2D eigenvalue weighted by Gasteiger charge is -2.35. The summed E-state index contributed by atoms with van der Waals surface area (Å²) < 4.78 is 15.4. The number of hydrogen-bond donors (Lipinski definition) is 0. The molecule has 2 aromatic heterocycles. The number of piperazine rings is 1. The summed E-state index contributed by atoms with van der Waals surface area (Å²) in [7, 11) is 0. The van der Waals surface area contributed by atoms with E-state index in [-0.39, 0.29) is 5.91 Å². The van der Waals surface area contributed by atoms with Gasteiger partial charge >= 0.3 is 0 Å². The fourth-order valence-corrected chi connectivity index (χ4v) is 4.27. The van der Waals surface area contributed by atoms with Gasteiger partial charge in [0.25, 0.3) is 5.91 Å². The first-order valence-electron chi connectivity index (χ1n) is 11.2. The van der Waals surface area contributed by atoms with Gasteiger partial charge in [-0.2, -0.15) is 5.10 Å². The monoisotopic (exact) mass is 444 g/mol. The minimum absolute atomic E-state index is 0.149. The zero-order valence-electron chi connectivity index (χ0n) is 18.7. The molecule has 4 aromatic rings. The number of rotatable bonds is 4. The van der Waals surface area contributed by atoms with Crippen LogP contribution in [0.5, 0.6) is 0 Å². The van der Waals surface area contributed by atoms with Gasteiger partial charge in [0.05, 0.1) is 16.8 Å². The lowest BCUT2D eigenvalue weighted by atomic mass is 10.1. The second kappa shape index (κ2) is 8.61. The molecule has 8 heteroatoms. The minimum Gasteiger partial charge on any atom is -0.352 e. The van der Waals surface area contributed by atoms with Crippen molar-refractivity contribution in [3.63, 3.8) is 0 Å². The van der Waals surface area contributed by atoms with Gasteiger partial charge in [-0.25, -0.2) is 19.0 Å². The molecule has 2 aromatic carbocycles. The van der Waals surface area contributed by atoms with E-state index in [0.29, 0.717) is 38.2 Å². The van der Waals surface area contributed by atoms with Crippen LogP contribution in [0.25, 0.3) is 16.7 Å². The highest BCUT2D eigenvalue weighted by Crippen LogP contribution is 2.30. The SMILES string of the molecule is CCc1nc(N2CCN(C(=O)c3cccc(F)c3)CC2)c2c(C)nn(-c3ccccc3)c2n1. The Balaban J connectivity index is 1.46. The molecular weight excluding hydrogens is 419 g/mol. The van der Waals surface area contributed by atoms with E-state index in [1.54, 1.807) is 17.0 Å². The van der Waals surface area contributed by atoms with Crippen molar-refractivity contribution < 1.29 is 9.18 Å². The van der Waals surface area contributed by atoms with E-state index in [1.165, 1.54) is 12.1 Å². The summed E-state index contributed by atoms with van der Waals surface area (Å²) in [5.74, 6) is 1.06. The van der Waals surface area contributed by atoms with Crippen molar-refractivity contribution in [2.45, 2.75) is 20.3 Å². The van der Waals surface area contributed by atoms with Crippen molar-refractivity contribution in [1.82, 2.24) is 24.6 Å². The summed E-state index contributed by atoms with van der Waals surface area (Å²) in [5.41, 5.74) is 2.98. The molecule has 0 atom stereocenters. The molecule has 0 radical (unpaired) electrons. The van der Waals surface area contributed by atoms with Crippen molar-refractivity contribution in [2.75, 3.05) is 31.1 Å². The highest BCUT2D eigenvalue weighted by atomic mass is 19.1. The Morgan fingerprint density at radius 1 is 1.00 bits per heavy atom. The highest BCUT2D eigenvalue weighted by Gasteiger charge is 2.26. The zero-order chi connectivity index (χ0) is 22.9. The van der Waals surface area contributed by atoms with Crippen molar-refractivity contribution in [3.8, 4) is 5.69 Å². The maximum atomic E-state index is 13.6. The van der Waals surface area contributed by atoms with E-state index in [0.717, 1.165) is 34.1 Å². The molecule has 0 unspecified atom stereocenters. The van der Waals surface area contributed by atoms with Crippen molar-refractivity contribution in [3.05, 3.63) is 77.5 Å². The molecule has 1 aliphatic rings. The lowest BCUT2D eigenvalue weighted by molar-refractivity contribution is 0.0746. The van der Waals surface area contributed by atoms with Crippen molar-refractivity contribution in [1.29, 1.82) is 0 Å². The van der Waals surface area contributed by atoms with Crippen LogP contribution in [-0.2, 0) is 6.42 Å². The zero-order valence-corrected chi connectivity index (χ0v) is 18.7. The normalized spacial score (nSPS) is 14.2. The van der Waals surface area contributed by atoms with Crippen LogP contribution in [0.3, 0.4) is 0 Å². The molecule has 0 aliphatic carbocycles.